The molecule has 5 heterocycles. The van der Waals surface area contributed by atoms with Crippen molar-refractivity contribution in [3.05, 3.63) is 147 Å². The van der Waals surface area contributed by atoms with Gasteiger partial charge in [-0.15, -0.1) is 0 Å². The Hall–Kier alpha value is -5.37. The molecule has 0 amide bonds. The molecule has 7 rings (SSSR count). The lowest BCUT2D eigenvalue weighted by Gasteiger charge is -2.10. The van der Waals surface area contributed by atoms with Crippen molar-refractivity contribution in [1.82, 2.24) is 23.5 Å². The molecule has 48 heavy (non-hydrogen) atoms. The number of nitrogens with one attached hydrogen (secondary N) is 1. The van der Waals surface area contributed by atoms with Gasteiger partial charge in [0.1, 0.15) is 23.0 Å². The molecule has 2 aromatic carbocycles. The number of halogens is 4. The van der Waals surface area contributed by atoms with Gasteiger partial charge in [-0.3, -0.25) is 4.79 Å². The topological polar surface area (TPSA) is 140 Å². The largest absolute Gasteiger partial charge is 0.477 e. The number of pyridine rings is 3. The van der Waals surface area contributed by atoms with Crippen molar-refractivity contribution in [3.63, 3.8) is 0 Å². The maximum absolute atomic E-state index is 14.2. The summed E-state index contributed by atoms with van der Waals surface area (Å²) in [5, 5.41) is 11.6. The normalized spacial score (nSPS) is 11.4. The van der Waals surface area contributed by atoms with Gasteiger partial charge >= 0.3 is 5.97 Å². The van der Waals surface area contributed by atoms with E-state index in [2.05, 4.69) is 15.0 Å². The highest BCUT2D eigenvalue weighted by Gasteiger charge is 2.27. The number of carboxylic acids is 1. The summed E-state index contributed by atoms with van der Waals surface area (Å²) in [5.74, 6) is -2.71. The number of aromatic amines is 1. The predicted molar refractivity (Wildman–Crippen MR) is 177 cm³/mol. The Balaban J connectivity index is 0.000000182. The number of fused-ring (bicyclic) bond motifs is 2. The molecule has 0 bridgehead atoms. The van der Waals surface area contributed by atoms with E-state index in [1.54, 1.807) is 48.5 Å². The molecular weight excluding hydrogens is 687 g/mol. The summed E-state index contributed by atoms with van der Waals surface area (Å²) < 4.78 is 55.2. The highest BCUT2D eigenvalue weighted by molar-refractivity contribution is 7.90. The van der Waals surface area contributed by atoms with E-state index in [9.17, 15) is 31.9 Å². The lowest BCUT2D eigenvalue weighted by molar-refractivity contribution is 0.0687. The molecule has 0 fully saturated rings. The first-order valence-electron chi connectivity index (χ1n) is 13.9. The molecular formula is C33H21Cl2F2N5O5S. The SMILES string of the molecule is O=C(O)c1c(-c2ccc[nH]c2=O)c2cc(Cl)cnc2n1Cc1cc(F)ccc1F.O=S(=O)(c1ccccc1)n1ccc2cc(Cl)cnc21. The number of carbonyl (C=O) groups is 1. The summed E-state index contributed by atoms with van der Waals surface area (Å²) in [6.07, 6.45) is 5.64. The molecule has 0 saturated carbocycles. The zero-order valence-corrected chi connectivity index (χ0v) is 26.6. The van der Waals surface area contributed by atoms with Gasteiger partial charge in [-0.2, -0.15) is 0 Å². The van der Waals surface area contributed by atoms with E-state index in [0.29, 0.717) is 21.4 Å². The Bertz CT molecular complexity index is 2520. The fourth-order valence-corrected chi connectivity index (χ4v) is 6.83. The molecule has 0 atom stereocenters. The second-order valence-corrected chi connectivity index (χ2v) is 13.0. The highest BCUT2D eigenvalue weighted by atomic mass is 35.5. The molecule has 0 spiro atoms. The van der Waals surface area contributed by atoms with Crippen LogP contribution in [0.15, 0.2) is 113 Å². The predicted octanol–water partition coefficient (Wildman–Crippen LogP) is 7.00. The molecule has 0 unspecified atom stereocenters. The summed E-state index contributed by atoms with van der Waals surface area (Å²) in [6, 6.07) is 19.0. The average Bonchev–Trinajstić information content (AvgIpc) is 3.63. The minimum Gasteiger partial charge on any atom is -0.477 e. The van der Waals surface area contributed by atoms with Crippen LogP contribution >= 0.6 is 23.2 Å². The lowest BCUT2D eigenvalue weighted by atomic mass is 10.0. The van der Waals surface area contributed by atoms with Gasteiger partial charge in [0.2, 0.25) is 0 Å². The molecule has 0 saturated heterocycles. The number of aromatic nitrogens is 5. The smallest absolute Gasteiger partial charge is 0.353 e. The summed E-state index contributed by atoms with van der Waals surface area (Å²) in [5.41, 5.74) is -0.115. The van der Waals surface area contributed by atoms with E-state index in [1.165, 1.54) is 41.5 Å². The zero-order chi connectivity index (χ0) is 34.2. The minimum absolute atomic E-state index is 0.0605. The van der Waals surface area contributed by atoms with Crippen molar-refractivity contribution in [2.45, 2.75) is 11.4 Å². The van der Waals surface area contributed by atoms with Crippen molar-refractivity contribution in [2.24, 2.45) is 0 Å². The van der Waals surface area contributed by atoms with Crippen LogP contribution in [0.3, 0.4) is 0 Å². The van der Waals surface area contributed by atoms with Crippen LogP contribution in [0.25, 0.3) is 33.2 Å². The van der Waals surface area contributed by atoms with Gasteiger partial charge in [0.25, 0.3) is 15.6 Å². The maximum atomic E-state index is 14.2. The summed E-state index contributed by atoms with van der Waals surface area (Å²) in [7, 11) is -3.62. The van der Waals surface area contributed by atoms with Crippen LogP contribution in [0.1, 0.15) is 16.1 Å². The molecule has 5 aromatic heterocycles. The number of nitrogens with zero attached hydrogens (tertiary/aromatic N) is 4. The molecule has 0 aliphatic carbocycles. The molecule has 7 aromatic rings. The van der Waals surface area contributed by atoms with Crippen LogP contribution in [-0.4, -0.2) is 43.0 Å². The van der Waals surface area contributed by atoms with Crippen LogP contribution in [0.5, 0.6) is 0 Å². The monoisotopic (exact) mass is 707 g/mol. The minimum atomic E-state index is -3.62. The second kappa shape index (κ2) is 13.0. The van der Waals surface area contributed by atoms with Gasteiger partial charge in [-0.1, -0.05) is 41.4 Å². The maximum Gasteiger partial charge on any atom is 0.353 e. The fourth-order valence-electron chi connectivity index (χ4n) is 5.17. The Kier molecular flexibility index (Phi) is 8.84. The highest BCUT2D eigenvalue weighted by Crippen LogP contribution is 2.35. The van der Waals surface area contributed by atoms with E-state index in [4.69, 9.17) is 23.2 Å². The Morgan fingerprint density at radius 2 is 1.60 bits per heavy atom. The first kappa shape index (κ1) is 32.6. The third-order valence-corrected chi connectivity index (χ3v) is 9.35. The summed E-state index contributed by atoms with van der Waals surface area (Å²) in [6.45, 7) is -0.304. The van der Waals surface area contributed by atoms with Gasteiger partial charge in [0, 0.05) is 46.7 Å². The lowest BCUT2D eigenvalue weighted by Crippen LogP contribution is -2.14. The van der Waals surface area contributed by atoms with Crippen molar-refractivity contribution >= 4 is 61.3 Å². The third-order valence-electron chi connectivity index (χ3n) is 7.25. The number of H-pyrrole nitrogens is 1. The zero-order valence-electron chi connectivity index (χ0n) is 24.3. The number of rotatable bonds is 6. The second-order valence-electron chi connectivity index (χ2n) is 10.3. The summed E-state index contributed by atoms with van der Waals surface area (Å²) >= 11 is 11.9. The van der Waals surface area contributed by atoms with Crippen LogP contribution < -0.4 is 5.56 Å². The third kappa shape index (κ3) is 6.18. The van der Waals surface area contributed by atoms with Crippen molar-refractivity contribution in [3.8, 4) is 11.1 Å². The van der Waals surface area contributed by atoms with Gasteiger partial charge in [-0.25, -0.2) is 35.9 Å². The van der Waals surface area contributed by atoms with Gasteiger partial charge in [0.15, 0.2) is 5.65 Å². The molecule has 0 radical (unpaired) electrons. The Morgan fingerprint density at radius 3 is 2.31 bits per heavy atom. The average molecular weight is 709 g/mol. The van der Waals surface area contributed by atoms with Crippen LogP contribution in [0.4, 0.5) is 8.78 Å². The van der Waals surface area contributed by atoms with Gasteiger partial charge in [-0.05, 0) is 60.7 Å². The molecule has 2 N–H and O–H groups in total. The summed E-state index contributed by atoms with van der Waals surface area (Å²) in [4.78, 5) is 35.5. The standard InChI is InChI=1S/C20H12ClF2N3O3.C13H9ClN2O2S/c21-11-7-14-16(13-2-1-5-24-19(13)27)17(20(28)29)26(18(14)25-8-11)9-10-6-12(22)3-4-15(10)23;14-11-8-10-6-7-16(13(10)15-9-11)19(17,18)12-4-2-1-3-5-12/h1-8H,9H2,(H,24,27)(H,28,29);1-9H. The number of aromatic carboxylic acids is 1. The molecule has 15 heteroatoms. The van der Waals surface area contributed by atoms with E-state index in [0.717, 1.165) is 22.2 Å². The van der Waals surface area contributed by atoms with Crippen molar-refractivity contribution in [1.29, 1.82) is 0 Å². The Morgan fingerprint density at radius 1 is 0.896 bits per heavy atom. The number of hydrogen-bond acceptors (Lipinski definition) is 6. The molecule has 10 nitrogen and oxygen atoms in total. The molecule has 0 aliphatic rings. The van der Waals surface area contributed by atoms with E-state index >= 15 is 0 Å². The van der Waals surface area contributed by atoms with Crippen molar-refractivity contribution in [2.75, 3.05) is 0 Å². The Labute approximate surface area is 280 Å². The number of hydrogen-bond donors (Lipinski definition) is 2. The van der Waals surface area contributed by atoms with E-state index in [1.807, 2.05) is 0 Å². The van der Waals surface area contributed by atoms with Gasteiger partial charge in [0.05, 0.1) is 27.0 Å². The van der Waals surface area contributed by atoms with Crippen LogP contribution in [-0.2, 0) is 16.6 Å². The molecule has 242 valence electrons. The van der Waals surface area contributed by atoms with E-state index < -0.39 is 33.2 Å². The van der Waals surface area contributed by atoms with Gasteiger partial charge < -0.3 is 14.7 Å². The molecule has 0 aliphatic heterocycles. The van der Waals surface area contributed by atoms with Crippen LogP contribution in [0.2, 0.25) is 10.0 Å². The van der Waals surface area contributed by atoms with Crippen LogP contribution in [0, 0.1) is 11.6 Å². The first-order chi connectivity index (χ1) is 23.0. The van der Waals surface area contributed by atoms with E-state index in [-0.39, 0.29) is 44.5 Å². The quantitative estimate of drug-likeness (QED) is 0.190. The number of carboxylic acid groups (broad SMARTS) is 1. The number of benzene rings is 2. The fraction of sp³-hybridized carbons (Fsp3) is 0.0303. The first-order valence-corrected chi connectivity index (χ1v) is 16.1. The van der Waals surface area contributed by atoms with Crippen molar-refractivity contribution < 1.29 is 27.1 Å².